The maximum absolute atomic E-state index is 11.8. The molecule has 0 aliphatic carbocycles. The highest BCUT2D eigenvalue weighted by Gasteiger charge is 2.11. The van der Waals surface area contributed by atoms with E-state index < -0.39 is 5.91 Å². The first-order valence-corrected chi connectivity index (χ1v) is 5.86. The highest BCUT2D eigenvalue weighted by Crippen LogP contribution is 2.07. The van der Waals surface area contributed by atoms with Crippen molar-refractivity contribution in [1.29, 1.82) is 0 Å². The lowest BCUT2D eigenvalue weighted by Gasteiger charge is -2.03. The molecule has 0 fully saturated rings. The van der Waals surface area contributed by atoms with Gasteiger partial charge in [0.15, 0.2) is 0 Å². The molecule has 0 aliphatic rings. The molecule has 0 spiro atoms. The van der Waals surface area contributed by atoms with Crippen LogP contribution in [-0.4, -0.2) is 32.6 Å². The summed E-state index contributed by atoms with van der Waals surface area (Å²) in [7, 11) is 0. The highest BCUT2D eigenvalue weighted by molar-refractivity contribution is 6.01. The van der Waals surface area contributed by atoms with Gasteiger partial charge in [-0.3, -0.25) is 10.1 Å². The SMILES string of the molecule is CCCNc1cnc(C(=O)Nc2nnc(C)o2)cn1. The van der Waals surface area contributed by atoms with Crippen LogP contribution in [0.3, 0.4) is 0 Å². The van der Waals surface area contributed by atoms with Crippen LogP contribution in [0.2, 0.25) is 0 Å². The summed E-state index contributed by atoms with van der Waals surface area (Å²) in [4.78, 5) is 19.9. The lowest BCUT2D eigenvalue weighted by atomic mass is 10.4. The van der Waals surface area contributed by atoms with Crippen LogP contribution < -0.4 is 10.6 Å². The Kier molecular flexibility index (Phi) is 4.01. The average Bonchev–Trinajstić information content (AvgIpc) is 2.82. The molecule has 0 aromatic carbocycles. The van der Waals surface area contributed by atoms with E-state index in [1.165, 1.54) is 12.4 Å². The summed E-state index contributed by atoms with van der Waals surface area (Å²) >= 11 is 0. The Morgan fingerprint density at radius 1 is 1.32 bits per heavy atom. The van der Waals surface area contributed by atoms with Crippen molar-refractivity contribution < 1.29 is 9.21 Å². The van der Waals surface area contributed by atoms with E-state index in [4.69, 9.17) is 4.42 Å². The summed E-state index contributed by atoms with van der Waals surface area (Å²) in [5, 5.41) is 12.8. The van der Waals surface area contributed by atoms with Gasteiger partial charge in [0.1, 0.15) is 11.5 Å². The molecule has 0 saturated carbocycles. The molecule has 2 heterocycles. The van der Waals surface area contributed by atoms with Crippen LogP contribution in [-0.2, 0) is 0 Å². The molecule has 8 heteroatoms. The Labute approximate surface area is 109 Å². The van der Waals surface area contributed by atoms with Crippen molar-refractivity contribution in [3.8, 4) is 0 Å². The van der Waals surface area contributed by atoms with E-state index in [1.807, 2.05) is 0 Å². The molecule has 0 radical (unpaired) electrons. The van der Waals surface area contributed by atoms with Crippen LogP contribution in [0.25, 0.3) is 0 Å². The third-order valence-electron chi connectivity index (χ3n) is 2.19. The van der Waals surface area contributed by atoms with E-state index in [0.29, 0.717) is 11.7 Å². The third kappa shape index (κ3) is 3.47. The number of hydrogen-bond acceptors (Lipinski definition) is 7. The zero-order chi connectivity index (χ0) is 13.7. The minimum atomic E-state index is -0.446. The second-order valence-corrected chi connectivity index (χ2v) is 3.79. The van der Waals surface area contributed by atoms with Gasteiger partial charge in [-0.1, -0.05) is 12.0 Å². The van der Waals surface area contributed by atoms with E-state index in [-0.39, 0.29) is 11.7 Å². The van der Waals surface area contributed by atoms with Gasteiger partial charge in [-0.15, -0.1) is 5.10 Å². The smallest absolute Gasteiger partial charge is 0.322 e. The first-order chi connectivity index (χ1) is 9.19. The lowest BCUT2D eigenvalue weighted by Crippen LogP contribution is -2.15. The molecule has 2 aromatic heterocycles. The maximum atomic E-state index is 11.8. The molecule has 19 heavy (non-hydrogen) atoms. The van der Waals surface area contributed by atoms with Crippen molar-refractivity contribution in [1.82, 2.24) is 20.2 Å². The van der Waals surface area contributed by atoms with E-state index in [1.54, 1.807) is 6.92 Å². The van der Waals surface area contributed by atoms with Crippen LogP contribution in [0.15, 0.2) is 16.8 Å². The Hall–Kier alpha value is -2.51. The van der Waals surface area contributed by atoms with Crippen molar-refractivity contribution in [3.05, 3.63) is 24.0 Å². The van der Waals surface area contributed by atoms with E-state index in [2.05, 4.69) is 37.7 Å². The van der Waals surface area contributed by atoms with E-state index >= 15 is 0 Å². The van der Waals surface area contributed by atoms with Crippen LogP contribution in [0.4, 0.5) is 11.8 Å². The lowest BCUT2D eigenvalue weighted by molar-refractivity contribution is 0.101. The summed E-state index contributed by atoms with van der Waals surface area (Å²) in [6, 6.07) is 0.0393. The number of carbonyl (C=O) groups excluding carboxylic acids is 1. The topological polar surface area (TPSA) is 106 Å². The van der Waals surface area contributed by atoms with Gasteiger partial charge in [-0.05, 0) is 6.42 Å². The Balaban J connectivity index is 1.99. The Morgan fingerprint density at radius 2 is 2.16 bits per heavy atom. The molecule has 2 N–H and O–H groups in total. The quantitative estimate of drug-likeness (QED) is 0.834. The van der Waals surface area contributed by atoms with Crippen LogP contribution in [0, 0.1) is 6.92 Å². The molecular formula is C11H14N6O2. The largest absolute Gasteiger partial charge is 0.408 e. The first-order valence-electron chi connectivity index (χ1n) is 5.86. The fraction of sp³-hybridized carbons (Fsp3) is 0.364. The minimum absolute atomic E-state index is 0.0393. The maximum Gasteiger partial charge on any atom is 0.322 e. The Morgan fingerprint density at radius 3 is 2.74 bits per heavy atom. The molecule has 2 aromatic rings. The van der Waals surface area contributed by atoms with Gasteiger partial charge in [-0.2, -0.15) is 0 Å². The van der Waals surface area contributed by atoms with E-state index in [9.17, 15) is 4.79 Å². The van der Waals surface area contributed by atoms with Crippen molar-refractivity contribution in [3.63, 3.8) is 0 Å². The van der Waals surface area contributed by atoms with Gasteiger partial charge in [0, 0.05) is 13.5 Å². The molecule has 0 bridgehead atoms. The minimum Gasteiger partial charge on any atom is -0.408 e. The first kappa shape index (κ1) is 12.9. The van der Waals surface area contributed by atoms with Crippen LogP contribution >= 0.6 is 0 Å². The van der Waals surface area contributed by atoms with Gasteiger partial charge >= 0.3 is 6.01 Å². The fourth-order valence-electron chi connectivity index (χ4n) is 1.30. The third-order valence-corrected chi connectivity index (χ3v) is 2.19. The van der Waals surface area contributed by atoms with Crippen LogP contribution in [0.1, 0.15) is 29.7 Å². The summed E-state index contributed by atoms with van der Waals surface area (Å²) < 4.78 is 5.04. The second-order valence-electron chi connectivity index (χ2n) is 3.79. The van der Waals surface area contributed by atoms with Crippen LogP contribution in [0.5, 0.6) is 0 Å². The summed E-state index contributed by atoms with van der Waals surface area (Å²) in [6.45, 7) is 4.49. The molecule has 0 atom stereocenters. The number of amides is 1. The molecule has 0 aliphatic heterocycles. The highest BCUT2D eigenvalue weighted by atomic mass is 16.4. The standard InChI is InChI=1S/C11H14N6O2/c1-3-4-12-9-6-13-8(5-14-9)10(18)15-11-17-16-7(2)19-11/h5-6H,3-4H2,1-2H3,(H,12,14)(H,15,17,18). The molecule has 8 nitrogen and oxygen atoms in total. The van der Waals surface area contributed by atoms with Crippen molar-refractivity contribution in [2.24, 2.45) is 0 Å². The number of nitrogens with zero attached hydrogens (tertiary/aromatic N) is 4. The molecule has 0 saturated heterocycles. The molecular weight excluding hydrogens is 248 g/mol. The van der Waals surface area contributed by atoms with Gasteiger partial charge in [0.05, 0.1) is 12.4 Å². The monoisotopic (exact) mass is 262 g/mol. The summed E-state index contributed by atoms with van der Waals surface area (Å²) in [5.41, 5.74) is 0.179. The van der Waals surface area contributed by atoms with Crippen molar-refractivity contribution in [2.75, 3.05) is 17.2 Å². The van der Waals surface area contributed by atoms with Crippen molar-refractivity contribution >= 4 is 17.7 Å². The fourth-order valence-corrected chi connectivity index (χ4v) is 1.30. The van der Waals surface area contributed by atoms with Gasteiger partial charge in [0.25, 0.3) is 5.91 Å². The second kappa shape index (κ2) is 5.89. The molecule has 100 valence electrons. The number of carbonyl (C=O) groups is 1. The summed E-state index contributed by atoms with van der Waals surface area (Å²) in [5.74, 6) is 0.561. The summed E-state index contributed by atoms with van der Waals surface area (Å²) in [6.07, 6.45) is 3.88. The average molecular weight is 262 g/mol. The van der Waals surface area contributed by atoms with Crippen molar-refractivity contribution in [2.45, 2.75) is 20.3 Å². The molecule has 1 amide bonds. The number of hydrogen-bond donors (Lipinski definition) is 2. The molecule has 2 rings (SSSR count). The van der Waals surface area contributed by atoms with E-state index in [0.717, 1.165) is 13.0 Å². The number of nitrogens with one attached hydrogen (secondary N) is 2. The van der Waals surface area contributed by atoms with Gasteiger partial charge < -0.3 is 9.73 Å². The number of anilines is 2. The number of aryl methyl sites for hydroxylation is 1. The normalized spacial score (nSPS) is 10.2. The van der Waals surface area contributed by atoms with Gasteiger partial charge in [0.2, 0.25) is 5.89 Å². The predicted molar refractivity (Wildman–Crippen MR) is 67.8 cm³/mol. The molecule has 0 unspecified atom stereocenters. The number of aromatic nitrogens is 4. The predicted octanol–water partition coefficient (Wildman–Crippen LogP) is 1.24. The number of rotatable bonds is 5. The zero-order valence-corrected chi connectivity index (χ0v) is 10.7. The zero-order valence-electron chi connectivity index (χ0n) is 10.7. The van der Waals surface area contributed by atoms with Gasteiger partial charge in [-0.25, -0.2) is 9.97 Å². The Bertz CT molecular complexity index is 551.